The molecule has 4 atom stereocenters. The van der Waals surface area contributed by atoms with Crippen molar-refractivity contribution in [2.45, 2.75) is 58.5 Å². The lowest BCUT2D eigenvalue weighted by Gasteiger charge is -2.42. The zero-order chi connectivity index (χ0) is 26.5. The number of halogens is 2. The number of carbonyl (C=O) groups is 1. The van der Waals surface area contributed by atoms with Crippen molar-refractivity contribution < 1.29 is 23.1 Å². The van der Waals surface area contributed by atoms with Crippen molar-refractivity contribution in [3.05, 3.63) is 88.7 Å². The van der Waals surface area contributed by atoms with E-state index in [1.165, 1.54) is 23.2 Å². The number of fused-ring (bicyclic) bond motifs is 1. The van der Waals surface area contributed by atoms with Crippen LogP contribution in [0.1, 0.15) is 49.4 Å². The minimum atomic E-state index is -1.42. The summed E-state index contributed by atoms with van der Waals surface area (Å²) in [6.07, 6.45) is -0.808. The lowest BCUT2D eigenvalue weighted by atomic mass is 9.81. The van der Waals surface area contributed by atoms with Crippen molar-refractivity contribution in [2.75, 3.05) is 6.54 Å². The van der Waals surface area contributed by atoms with E-state index in [2.05, 4.69) is 5.32 Å². The third-order valence-electron chi connectivity index (χ3n) is 7.07. The Labute approximate surface area is 215 Å². The van der Waals surface area contributed by atoms with Crippen molar-refractivity contribution in [2.24, 2.45) is 5.41 Å². The summed E-state index contributed by atoms with van der Waals surface area (Å²) in [5.41, 5.74) is 2.54. The molecule has 37 heavy (non-hydrogen) atoms. The topological polar surface area (TPSA) is 78.6 Å². The molecule has 3 heterocycles. The Morgan fingerprint density at radius 1 is 1.22 bits per heavy atom. The quantitative estimate of drug-likeness (QED) is 0.516. The number of aliphatic hydroxyl groups is 1. The van der Waals surface area contributed by atoms with Crippen molar-refractivity contribution in [3.63, 3.8) is 0 Å². The molecule has 2 N–H and O–H groups in total. The number of nitrogens with zero attached hydrogens (tertiary/aromatic N) is 2. The van der Waals surface area contributed by atoms with Gasteiger partial charge in [0.25, 0.3) is 5.91 Å². The van der Waals surface area contributed by atoms with Crippen LogP contribution in [0, 0.1) is 18.2 Å². The number of benzene rings is 2. The van der Waals surface area contributed by atoms with Gasteiger partial charge in [-0.1, -0.05) is 57.2 Å². The standard InChI is InChI=1S/C29H31F2N3O3/c1-16-10-11-18(30)13-19(16)27-33-24(22(37-27)12-17-8-6-5-7-9-17)26(29(2,3)4)34-15-20-21(31)14-32-23(20)25(35)28(34)36/h5-11,13,15,21,23,25-26,32,35H,12,14H2,1-4H3. The van der Waals surface area contributed by atoms with E-state index in [4.69, 9.17) is 9.40 Å². The normalized spacial score (nSPS) is 22.7. The molecule has 8 heteroatoms. The van der Waals surface area contributed by atoms with Crippen molar-refractivity contribution in [1.29, 1.82) is 0 Å². The SMILES string of the molecule is Cc1ccc(F)cc1-c1nc(C(N2C=C3C(F)CNC3C(O)C2=O)C(C)(C)C)c(Cc2ccccc2)o1. The Hall–Kier alpha value is -3.36. The Kier molecular flexibility index (Phi) is 6.50. The van der Waals surface area contributed by atoms with Gasteiger partial charge in [-0.25, -0.2) is 13.8 Å². The van der Waals surface area contributed by atoms with Crippen LogP contribution in [0.15, 0.2) is 64.7 Å². The summed E-state index contributed by atoms with van der Waals surface area (Å²) in [5, 5.41) is 13.7. The second kappa shape index (κ2) is 9.50. The molecule has 1 saturated heterocycles. The highest BCUT2D eigenvalue weighted by Crippen LogP contribution is 2.44. The number of nitrogens with one attached hydrogen (secondary N) is 1. The van der Waals surface area contributed by atoms with Crippen LogP contribution in [0.4, 0.5) is 8.78 Å². The molecule has 0 bridgehead atoms. The van der Waals surface area contributed by atoms with E-state index >= 15 is 0 Å². The minimum Gasteiger partial charge on any atom is -0.440 e. The summed E-state index contributed by atoms with van der Waals surface area (Å²) in [6.45, 7) is 7.75. The maximum Gasteiger partial charge on any atom is 0.257 e. The number of hydrogen-bond donors (Lipinski definition) is 2. The fraction of sp³-hybridized carbons (Fsp3) is 0.379. The van der Waals surface area contributed by atoms with E-state index in [9.17, 15) is 18.7 Å². The molecule has 4 unspecified atom stereocenters. The molecule has 2 aromatic carbocycles. The first-order valence-corrected chi connectivity index (χ1v) is 12.4. The number of carbonyl (C=O) groups excluding carboxylic acids is 1. The van der Waals surface area contributed by atoms with Crippen molar-refractivity contribution in [3.8, 4) is 11.5 Å². The Balaban J connectivity index is 1.68. The summed E-state index contributed by atoms with van der Waals surface area (Å²) in [5.74, 6) is -0.180. The zero-order valence-corrected chi connectivity index (χ0v) is 21.3. The van der Waals surface area contributed by atoms with Gasteiger partial charge in [0.05, 0.1) is 12.1 Å². The highest BCUT2D eigenvalue weighted by molar-refractivity contribution is 5.85. The van der Waals surface area contributed by atoms with Gasteiger partial charge in [-0.3, -0.25) is 4.79 Å². The molecule has 2 aliphatic heterocycles. The Morgan fingerprint density at radius 2 is 1.95 bits per heavy atom. The molecule has 6 nitrogen and oxygen atoms in total. The smallest absolute Gasteiger partial charge is 0.257 e. The van der Waals surface area contributed by atoms with E-state index in [1.807, 2.05) is 58.0 Å². The number of aliphatic hydroxyl groups excluding tert-OH is 1. The van der Waals surface area contributed by atoms with Gasteiger partial charge in [0.2, 0.25) is 5.89 Å². The number of rotatable bonds is 5. The highest BCUT2D eigenvalue weighted by Gasteiger charge is 2.48. The minimum absolute atomic E-state index is 0.0427. The average molecular weight is 508 g/mol. The van der Waals surface area contributed by atoms with Gasteiger partial charge in [-0.2, -0.15) is 0 Å². The molecule has 1 amide bonds. The summed E-state index contributed by atoms with van der Waals surface area (Å²) in [7, 11) is 0. The Morgan fingerprint density at radius 3 is 2.65 bits per heavy atom. The van der Waals surface area contributed by atoms with Crippen LogP contribution in [0.25, 0.3) is 11.5 Å². The second-order valence-corrected chi connectivity index (χ2v) is 10.9. The molecule has 0 radical (unpaired) electrons. The molecule has 2 aliphatic rings. The van der Waals surface area contributed by atoms with E-state index in [0.717, 1.165) is 11.1 Å². The zero-order valence-electron chi connectivity index (χ0n) is 21.3. The predicted octanol–water partition coefficient (Wildman–Crippen LogP) is 4.86. The summed E-state index contributed by atoms with van der Waals surface area (Å²) in [6, 6.07) is 12.7. The van der Waals surface area contributed by atoms with Gasteiger partial charge in [0, 0.05) is 30.3 Å². The molecule has 5 rings (SSSR count). The lowest BCUT2D eigenvalue weighted by molar-refractivity contribution is -0.144. The first kappa shape index (κ1) is 25.3. The van der Waals surface area contributed by atoms with Crippen molar-refractivity contribution in [1.82, 2.24) is 15.2 Å². The van der Waals surface area contributed by atoms with E-state index in [-0.39, 0.29) is 12.4 Å². The molecular formula is C29H31F2N3O3. The Bertz CT molecular complexity index is 1350. The average Bonchev–Trinajstić information content (AvgIpc) is 3.42. The fourth-order valence-electron chi connectivity index (χ4n) is 5.22. The third kappa shape index (κ3) is 4.71. The first-order chi connectivity index (χ1) is 17.5. The molecule has 0 aliphatic carbocycles. The van der Waals surface area contributed by atoms with Crippen LogP contribution in [0.2, 0.25) is 0 Å². The van der Waals surface area contributed by atoms with Gasteiger partial charge >= 0.3 is 0 Å². The molecule has 3 aromatic rings. The largest absolute Gasteiger partial charge is 0.440 e. The summed E-state index contributed by atoms with van der Waals surface area (Å²) < 4.78 is 35.2. The van der Waals surface area contributed by atoms with Gasteiger partial charge in [-0.05, 0) is 35.6 Å². The number of alkyl halides is 1. The predicted molar refractivity (Wildman–Crippen MR) is 136 cm³/mol. The molecule has 1 aromatic heterocycles. The first-order valence-electron chi connectivity index (χ1n) is 12.4. The van der Waals surface area contributed by atoms with Crippen LogP contribution in [-0.4, -0.2) is 45.8 Å². The van der Waals surface area contributed by atoms with Crippen LogP contribution in [0.5, 0.6) is 0 Å². The lowest BCUT2D eigenvalue weighted by Crippen LogP contribution is -2.53. The fourth-order valence-corrected chi connectivity index (χ4v) is 5.22. The van der Waals surface area contributed by atoms with Crippen LogP contribution < -0.4 is 5.32 Å². The van der Waals surface area contributed by atoms with Gasteiger partial charge in [-0.15, -0.1) is 0 Å². The number of aromatic nitrogens is 1. The molecule has 194 valence electrons. The maximum atomic E-state index is 14.7. The summed E-state index contributed by atoms with van der Waals surface area (Å²) in [4.78, 5) is 19.7. The van der Waals surface area contributed by atoms with Crippen LogP contribution >= 0.6 is 0 Å². The molecule has 0 spiro atoms. The monoisotopic (exact) mass is 507 g/mol. The molecular weight excluding hydrogens is 476 g/mol. The van der Waals surface area contributed by atoms with Gasteiger partial charge in [0.1, 0.15) is 23.4 Å². The number of oxazole rings is 1. The van der Waals surface area contributed by atoms with Crippen LogP contribution in [0.3, 0.4) is 0 Å². The second-order valence-electron chi connectivity index (χ2n) is 10.9. The molecule has 1 fully saturated rings. The van der Waals surface area contributed by atoms with E-state index < -0.39 is 41.5 Å². The maximum absolute atomic E-state index is 14.7. The van der Waals surface area contributed by atoms with E-state index in [0.29, 0.717) is 29.0 Å². The van der Waals surface area contributed by atoms with Crippen LogP contribution in [-0.2, 0) is 11.2 Å². The van der Waals surface area contributed by atoms with E-state index in [1.54, 1.807) is 6.07 Å². The van der Waals surface area contributed by atoms with Crippen molar-refractivity contribution >= 4 is 5.91 Å². The highest BCUT2D eigenvalue weighted by atomic mass is 19.1. The van der Waals surface area contributed by atoms with Gasteiger partial charge in [0.15, 0.2) is 6.10 Å². The third-order valence-corrected chi connectivity index (χ3v) is 7.07. The van der Waals surface area contributed by atoms with Gasteiger partial charge < -0.3 is 19.7 Å². The summed E-state index contributed by atoms with van der Waals surface area (Å²) >= 11 is 0. The number of aryl methyl sites for hydroxylation is 1. The number of hydrogen-bond acceptors (Lipinski definition) is 5. The molecule has 0 saturated carbocycles. The number of amides is 1.